The van der Waals surface area contributed by atoms with Crippen LogP contribution in [0.3, 0.4) is 0 Å². The Balaban J connectivity index is 3.06. The number of hydrogen-bond donors (Lipinski definition) is 0. The summed E-state index contributed by atoms with van der Waals surface area (Å²) in [4.78, 5) is 10.4. The SMILES string of the molecule is O=C(Cl)CCCCCCCCCCCC(F)(F)F. The van der Waals surface area contributed by atoms with Crippen molar-refractivity contribution in [3.63, 3.8) is 0 Å². The number of hydrogen-bond acceptors (Lipinski definition) is 1. The molecule has 0 saturated carbocycles. The van der Waals surface area contributed by atoms with E-state index in [2.05, 4.69) is 0 Å². The van der Waals surface area contributed by atoms with E-state index in [4.69, 9.17) is 11.6 Å². The van der Waals surface area contributed by atoms with E-state index in [1.54, 1.807) is 0 Å². The van der Waals surface area contributed by atoms with Crippen molar-refractivity contribution >= 4 is 16.8 Å². The second-order valence-electron chi connectivity index (χ2n) is 4.65. The summed E-state index contributed by atoms with van der Waals surface area (Å²) >= 11 is 5.20. The Morgan fingerprint density at radius 2 is 1.17 bits per heavy atom. The van der Waals surface area contributed by atoms with Gasteiger partial charge in [0.25, 0.3) is 0 Å². The fourth-order valence-electron chi connectivity index (χ4n) is 1.83. The molecule has 0 radical (unpaired) electrons. The lowest BCUT2D eigenvalue weighted by molar-refractivity contribution is -0.135. The quantitative estimate of drug-likeness (QED) is 0.357. The molecular formula is C13H22ClF3O. The molecular weight excluding hydrogens is 265 g/mol. The average Bonchev–Trinajstić information content (AvgIpc) is 2.24. The van der Waals surface area contributed by atoms with E-state index in [0.717, 1.165) is 44.9 Å². The van der Waals surface area contributed by atoms with Crippen LogP contribution < -0.4 is 0 Å². The van der Waals surface area contributed by atoms with Crippen LogP contribution in [0, 0.1) is 0 Å². The van der Waals surface area contributed by atoms with Crippen LogP contribution >= 0.6 is 11.6 Å². The molecule has 0 aliphatic rings. The lowest BCUT2D eigenvalue weighted by Gasteiger charge is -2.05. The van der Waals surface area contributed by atoms with Crippen molar-refractivity contribution in [1.29, 1.82) is 0 Å². The minimum absolute atomic E-state index is 0.251. The second-order valence-corrected chi connectivity index (χ2v) is 5.07. The highest BCUT2D eigenvalue weighted by Crippen LogP contribution is 2.23. The molecule has 0 spiro atoms. The van der Waals surface area contributed by atoms with E-state index in [9.17, 15) is 18.0 Å². The third kappa shape index (κ3) is 15.8. The Morgan fingerprint density at radius 1 is 0.778 bits per heavy atom. The van der Waals surface area contributed by atoms with Gasteiger partial charge in [0.05, 0.1) is 0 Å². The molecule has 0 rings (SSSR count). The number of carbonyl (C=O) groups is 1. The molecule has 0 aromatic carbocycles. The van der Waals surface area contributed by atoms with Gasteiger partial charge in [-0.05, 0) is 24.4 Å². The largest absolute Gasteiger partial charge is 0.389 e. The molecule has 0 fully saturated rings. The Hall–Kier alpha value is -0.250. The van der Waals surface area contributed by atoms with Gasteiger partial charge in [-0.1, -0.05) is 44.9 Å². The van der Waals surface area contributed by atoms with E-state index in [0.29, 0.717) is 12.8 Å². The van der Waals surface area contributed by atoms with Gasteiger partial charge in [0, 0.05) is 12.8 Å². The lowest BCUT2D eigenvalue weighted by Crippen LogP contribution is -2.06. The third-order valence-electron chi connectivity index (χ3n) is 2.83. The van der Waals surface area contributed by atoms with Crippen molar-refractivity contribution in [3.05, 3.63) is 0 Å². The van der Waals surface area contributed by atoms with Crippen LogP contribution in [0.2, 0.25) is 0 Å². The van der Waals surface area contributed by atoms with Crippen molar-refractivity contribution in [1.82, 2.24) is 0 Å². The lowest BCUT2D eigenvalue weighted by atomic mass is 10.1. The maximum Gasteiger partial charge on any atom is 0.389 e. The minimum atomic E-state index is -4.00. The summed E-state index contributed by atoms with van der Waals surface area (Å²) in [5.74, 6) is 0. The highest BCUT2D eigenvalue weighted by atomic mass is 35.5. The second kappa shape index (κ2) is 10.7. The smallest absolute Gasteiger partial charge is 0.281 e. The number of unbranched alkanes of at least 4 members (excludes halogenated alkanes) is 8. The maximum absolute atomic E-state index is 11.8. The van der Waals surface area contributed by atoms with E-state index in [1.807, 2.05) is 0 Å². The molecule has 0 aromatic heterocycles. The van der Waals surface area contributed by atoms with Crippen molar-refractivity contribution in [2.24, 2.45) is 0 Å². The zero-order chi connectivity index (χ0) is 13.9. The molecule has 0 heterocycles. The van der Waals surface area contributed by atoms with Gasteiger partial charge in [0.15, 0.2) is 0 Å². The molecule has 0 bridgehead atoms. The molecule has 0 N–H and O–H groups in total. The molecule has 0 unspecified atom stereocenters. The van der Waals surface area contributed by atoms with Crippen molar-refractivity contribution in [2.75, 3.05) is 0 Å². The minimum Gasteiger partial charge on any atom is -0.281 e. The predicted molar refractivity (Wildman–Crippen MR) is 67.7 cm³/mol. The number of halogens is 4. The molecule has 0 atom stereocenters. The van der Waals surface area contributed by atoms with Crippen LogP contribution in [0.15, 0.2) is 0 Å². The van der Waals surface area contributed by atoms with Gasteiger partial charge in [0.2, 0.25) is 5.24 Å². The predicted octanol–water partition coefficient (Wildman–Crippen LogP) is 5.61. The van der Waals surface area contributed by atoms with Crippen LogP contribution in [0.1, 0.15) is 70.6 Å². The van der Waals surface area contributed by atoms with Gasteiger partial charge in [0.1, 0.15) is 0 Å². The first-order valence-electron chi connectivity index (χ1n) is 6.67. The topological polar surface area (TPSA) is 17.1 Å². The highest BCUT2D eigenvalue weighted by molar-refractivity contribution is 6.63. The van der Waals surface area contributed by atoms with Crippen LogP contribution in [0.25, 0.3) is 0 Å². The zero-order valence-corrected chi connectivity index (χ0v) is 11.5. The van der Waals surface area contributed by atoms with Crippen LogP contribution in [0.4, 0.5) is 13.2 Å². The fraction of sp³-hybridized carbons (Fsp3) is 0.923. The molecule has 0 amide bonds. The number of alkyl halides is 3. The zero-order valence-electron chi connectivity index (χ0n) is 10.7. The molecule has 0 aliphatic carbocycles. The number of rotatable bonds is 11. The van der Waals surface area contributed by atoms with Crippen molar-refractivity contribution in [2.45, 2.75) is 76.8 Å². The monoisotopic (exact) mass is 286 g/mol. The summed E-state index contributed by atoms with van der Waals surface area (Å²) in [7, 11) is 0. The molecule has 18 heavy (non-hydrogen) atoms. The van der Waals surface area contributed by atoms with Gasteiger partial charge in [-0.25, -0.2) is 0 Å². The van der Waals surface area contributed by atoms with Crippen LogP contribution in [-0.2, 0) is 4.79 Å². The Labute approximate surface area is 112 Å². The molecule has 1 nitrogen and oxygen atoms in total. The van der Waals surface area contributed by atoms with Crippen LogP contribution in [-0.4, -0.2) is 11.4 Å². The first kappa shape index (κ1) is 17.8. The molecule has 108 valence electrons. The van der Waals surface area contributed by atoms with Crippen molar-refractivity contribution in [3.8, 4) is 0 Å². The maximum atomic E-state index is 11.8. The summed E-state index contributed by atoms with van der Waals surface area (Å²) in [6, 6.07) is 0. The normalized spacial score (nSPS) is 11.8. The van der Waals surface area contributed by atoms with E-state index >= 15 is 0 Å². The summed E-state index contributed by atoms with van der Waals surface area (Å²) in [5, 5.41) is -0.278. The van der Waals surface area contributed by atoms with Crippen molar-refractivity contribution < 1.29 is 18.0 Å². The molecule has 0 saturated heterocycles. The standard InChI is InChI=1S/C13H22ClF3O/c14-12(18)10-8-6-4-2-1-3-5-7-9-11-13(15,16)17/h1-11H2. The average molecular weight is 287 g/mol. The fourth-order valence-corrected chi connectivity index (χ4v) is 1.96. The molecule has 0 aromatic rings. The first-order valence-corrected chi connectivity index (χ1v) is 7.05. The molecule has 5 heteroatoms. The Kier molecular flexibility index (Phi) is 10.5. The van der Waals surface area contributed by atoms with Crippen LogP contribution in [0.5, 0.6) is 0 Å². The van der Waals surface area contributed by atoms with Gasteiger partial charge in [-0.2, -0.15) is 13.2 Å². The summed E-state index contributed by atoms with van der Waals surface area (Å²) in [6.07, 6.45) is 3.69. The summed E-state index contributed by atoms with van der Waals surface area (Å²) in [5.41, 5.74) is 0. The van der Waals surface area contributed by atoms with E-state index in [1.165, 1.54) is 0 Å². The molecule has 0 aliphatic heterocycles. The van der Waals surface area contributed by atoms with Gasteiger partial charge in [-0.15, -0.1) is 0 Å². The van der Waals surface area contributed by atoms with E-state index in [-0.39, 0.29) is 11.7 Å². The van der Waals surface area contributed by atoms with E-state index < -0.39 is 12.6 Å². The highest BCUT2D eigenvalue weighted by Gasteiger charge is 2.25. The Bertz CT molecular complexity index is 217. The number of carbonyl (C=O) groups excluding carboxylic acids is 1. The van der Waals surface area contributed by atoms with Gasteiger partial charge < -0.3 is 0 Å². The van der Waals surface area contributed by atoms with Gasteiger partial charge >= 0.3 is 6.18 Å². The summed E-state index contributed by atoms with van der Waals surface area (Å²) in [6.45, 7) is 0. The van der Waals surface area contributed by atoms with Gasteiger partial charge in [-0.3, -0.25) is 4.79 Å². The third-order valence-corrected chi connectivity index (χ3v) is 3.02. The Morgan fingerprint density at radius 3 is 1.56 bits per heavy atom. The first-order chi connectivity index (χ1) is 8.42. The summed E-state index contributed by atoms with van der Waals surface area (Å²) < 4.78 is 35.5.